The molecular weight excluding hydrogens is 468 g/mol. The van der Waals surface area contributed by atoms with E-state index in [1.165, 1.54) is 0 Å². The molecule has 0 radical (unpaired) electrons. The molecule has 0 saturated carbocycles. The molecular formula is C27H23BrO4. The smallest absolute Gasteiger partial charge is 0.341 e. The fourth-order valence-electron chi connectivity index (χ4n) is 2.94. The monoisotopic (exact) mass is 490 g/mol. The number of carboxylic acids is 1. The van der Waals surface area contributed by atoms with Crippen molar-refractivity contribution in [3.05, 3.63) is 106 Å². The van der Waals surface area contributed by atoms with Crippen molar-refractivity contribution in [1.82, 2.24) is 0 Å². The summed E-state index contributed by atoms with van der Waals surface area (Å²) in [5.41, 5.74) is 2.89. The third-order valence-corrected chi connectivity index (χ3v) is 5.08. The standard InChI is InChI=1S/C27H23BrO4/c1-20-18-25(15-16-26(20)32-19-27(29)30)31-17-5-8-22(23-11-13-24(28)14-12-23)10-9-21-6-3-2-4-7-21/h2-8,11-16,18,22H,17,19H2,1H3,(H,29,30)/b8-5-. The van der Waals surface area contributed by atoms with E-state index in [2.05, 4.69) is 39.9 Å². The highest BCUT2D eigenvalue weighted by molar-refractivity contribution is 9.10. The Bertz CT molecular complexity index is 1130. The second kappa shape index (κ2) is 11.8. The van der Waals surface area contributed by atoms with Crippen molar-refractivity contribution in [2.75, 3.05) is 13.2 Å². The van der Waals surface area contributed by atoms with Gasteiger partial charge in [0.15, 0.2) is 6.61 Å². The summed E-state index contributed by atoms with van der Waals surface area (Å²) >= 11 is 3.48. The summed E-state index contributed by atoms with van der Waals surface area (Å²) in [5.74, 6) is 6.72. The topological polar surface area (TPSA) is 55.8 Å². The van der Waals surface area contributed by atoms with Gasteiger partial charge in [-0.05, 0) is 66.6 Å². The first kappa shape index (κ1) is 23.2. The van der Waals surface area contributed by atoms with Gasteiger partial charge in [-0.15, -0.1) is 0 Å². The largest absolute Gasteiger partial charge is 0.490 e. The van der Waals surface area contributed by atoms with Crippen LogP contribution in [-0.2, 0) is 4.79 Å². The zero-order valence-corrected chi connectivity index (χ0v) is 19.2. The number of carboxylic acid groups (broad SMARTS) is 1. The van der Waals surface area contributed by atoms with Crippen molar-refractivity contribution in [3.63, 3.8) is 0 Å². The zero-order valence-electron chi connectivity index (χ0n) is 17.6. The Morgan fingerprint density at radius 3 is 2.50 bits per heavy atom. The number of carbonyl (C=O) groups is 1. The molecule has 0 spiro atoms. The van der Waals surface area contributed by atoms with Gasteiger partial charge < -0.3 is 14.6 Å². The highest BCUT2D eigenvalue weighted by Gasteiger charge is 2.06. The molecule has 1 unspecified atom stereocenters. The van der Waals surface area contributed by atoms with Gasteiger partial charge in [-0.3, -0.25) is 0 Å². The Hall–Kier alpha value is -3.49. The van der Waals surface area contributed by atoms with Crippen molar-refractivity contribution >= 4 is 21.9 Å². The van der Waals surface area contributed by atoms with Gasteiger partial charge in [0.1, 0.15) is 18.1 Å². The molecule has 0 fully saturated rings. The van der Waals surface area contributed by atoms with E-state index >= 15 is 0 Å². The van der Waals surface area contributed by atoms with Crippen molar-refractivity contribution in [2.24, 2.45) is 0 Å². The SMILES string of the molecule is Cc1cc(OC/C=C\C(C#Cc2ccccc2)c2ccc(Br)cc2)ccc1OCC(=O)O. The van der Waals surface area contributed by atoms with Crippen LogP contribution in [0.4, 0.5) is 0 Å². The first-order valence-corrected chi connectivity index (χ1v) is 10.9. The van der Waals surface area contributed by atoms with Crippen molar-refractivity contribution in [3.8, 4) is 23.3 Å². The lowest BCUT2D eigenvalue weighted by atomic mass is 9.98. The minimum atomic E-state index is -1.01. The lowest BCUT2D eigenvalue weighted by Crippen LogP contribution is -2.10. The molecule has 0 aromatic heterocycles. The summed E-state index contributed by atoms with van der Waals surface area (Å²) in [4.78, 5) is 10.7. The number of aliphatic carboxylic acids is 1. The number of hydrogen-bond donors (Lipinski definition) is 1. The molecule has 32 heavy (non-hydrogen) atoms. The third kappa shape index (κ3) is 7.33. The molecule has 1 atom stereocenters. The molecule has 0 amide bonds. The fourth-order valence-corrected chi connectivity index (χ4v) is 3.21. The van der Waals surface area contributed by atoms with Crippen LogP contribution in [0, 0.1) is 18.8 Å². The van der Waals surface area contributed by atoms with Crippen LogP contribution in [-0.4, -0.2) is 24.3 Å². The van der Waals surface area contributed by atoms with E-state index in [1.54, 1.807) is 12.1 Å². The molecule has 3 aromatic carbocycles. The molecule has 0 aliphatic heterocycles. The fraction of sp³-hybridized carbons (Fsp3) is 0.148. The maximum absolute atomic E-state index is 10.7. The molecule has 0 heterocycles. The van der Waals surface area contributed by atoms with Crippen LogP contribution in [0.1, 0.15) is 22.6 Å². The normalized spacial score (nSPS) is 11.4. The van der Waals surface area contributed by atoms with E-state index in [-0.39, 0.29) is 12.5 Å². The summed E-state index contributed by atoms with van der Waals surface area (Å²) < 4.78 is 12.1. The molecule has 3 aromatic rings. The highest BCUT2D eigenvalue weighted by Crippen LogP contribution is 2.24. The van der Waals surface area contributed by atoms with Gasteiger partial charge >= 0.3 is 5.97 Å². The molecule has 4 nitrogen and oxygen atoms in total. The van der Waals surface area contributed by atoms with Crippen LogP contribution >= 0.6 is 15.9 Å². The van der Waals surface area contributed by atoms with E-state index < -0.39 is 5.97 Å². The number of ether oxygens (including phenoxy) is 2. The Morgan fingerprint density at radius 1 is 1.06 bits per heavy atom. The Labute approximate surface area is 196 Å². The Kier molecular flexibility index (Phi) is 8.53. The number of aryl methyl sites for hydroxylation is 1. The van der Waals surface area contributed by atoms with E-state index in [4.69, 9.17) is 14.6 Å². The molecule has 5 heteroatoms. The van der Waals surface area contributed by atoms with Gasteiger partial charge in [0.25, 0.3) is 0 Å². The van der Waals surface area contributed by atoms with Crippen LogP contribution in [0.25, 0.3) is 0 Å². The molecule has 162 valence electrons. The van der Waals surface area contributed by atoms with Crippen molar-refractivity contribution < 1.29 is 19.4 Å². The van der Waals surface area contributed by atoms with Crippen molar-refractivity contribution in [1.29, 1.82) is 0 Å². The number of benzene rings is 3. The maximum Gasteiger partial charge on any atom is 0.341 e. The number of hydrogen-bond acceptors (Lipinski definition) is 3. The second-order valence-electron chi connectivity index (χ2n) is 7.01. The van der Waals surface area contributed by atoms with Crippen LogP contribution in [0.5, 0.6) is 11.5 Å². The highest BCUT2D eigenvalue weighted by atomic mass is 79.9. The lowest BCUT2D eigenvalue weighted by molar-refractivity contribution is -0.139. The van der Waals surface area contributed by atoms with Gasteiger partial charge in [0, 0.05) is 10.0 Å². The van der Waals surface area contributed by atoms with Crippen molar-refractivity contribution in [2.45, 2.75) is 12.8 Å². The van der Waals surface area contributed by atoms with E-state index in [1.807, 2.05) is 67.6 Å². The third-order valence-electron chi connectivity index (χ3n) is 4.55. The summed E-state index contributed by atoms with van der Waals surface area (Å²) in [5, 5.41) is 8.74. The summed E-state index contributed by atoms with van der Waals surface area (Å²) in [7, 11) is 0. The van der Waals surface area contributed by atoms with Crippen LogP contribution in [0.2, 0.25) is 0 Å². The predicted octanol–water partition coefficient (Wildman–Crippen LogP) is 5.99. The molecule has 1 N–H and O–H groups in total. The zero-order chi connectivity index (χ0) is 22.8. The maximum atomic E-state index is 10.7. The predicted molar refractivity (Wildman–Crippen MR) is 129 cm³/mol. The minimum Gasteiger partial charge on any atom is -0.490 e. The first-order valence-electron chi connectivity index (χ1n) is 10.1. The molecule has 0 aliphatic carbocycles. The molecule has 0 saturated heterocycles. The number of allylic oxidation sites excluding steroid dienone is 1. The average Bonchev–Trinajstić information content (AvgIpc) is 2.79. The van der Waals surface area contributed by atoms with Gasteiger partial charge in [-0.2, -0.15) is 0 Å². The lowest BCUT2D eigenvalue weighted by Gasteiger charge is -2.10. The summed E-state index contributed by atoms with van der Waals surface area (Å²) in [6, 6.07) is 23.3. The number of halogens is 1. The van der Waals surface area contributed by atoms with Crippen LogP contribution < -0.4 is 9.47 Å². The first-order chi connectivity index (χ1) is 15.5. The molecule has 3 rings (SSSR count). The summed E-state index contributed by atoms with van der Waals surface area (Å²) in [6.45, 7) is 1.86. The summed E-state index contributed by atoms with van der Waals surface area (Å²) in [6.07, 6.45) is 3.99. The van der Waals surface area contributed by atoms with E-state index in [9.17, 15) is 4.79 Å². The van der Waals surface area contributed by atoms with E-state index in [0.717, 1.165) is 21.2 Å². The van der Waals surface area contributed by atoms with Gasteiger partial charge in [0.05, 0.1) is 5.92 Å². The van der Waals surface area contributed by atoms with E-state index in [0.29, 0.717) is 18.1 Å². The average molecular weight is 491 g/mol. The Balaban J connectivity index is 1.66. The van der Waals surface area contributed by atoms with Gasteiger partial charge in [0.2, 0.25) is 0 Å². The Morgan fingerprint density at radius 2 is 1.81 bits per heavy atom. The van der Waals surface area contributed by atoms with Crippen LogP contribution in [0.3, 0.4) is 0 Å². The quantitative estimate of drug-likeness (QED) is 0.311. The van der Waals surface area contributed by atoms with Gasteiger partial charge in [-0.1, -0.05) is 64.2 Å². The molecule has 0 aliphatic rings. The molecule has 0 bridgehead atoms. The minimum absolute atomic E-state index is 0.0690. The second-order valence-corrected chi connectivity index (χ2v) is 7.93. The number of rotatable bonds is 8. The van der Waals surface area contributed by atoms with Gasteiger partial charge in [-0.25, -0.2) is 4.79 Å². The van der Waals surface area contributed by atoms with Crippen LogP contribution in [0.15, 0.2) is 89.4 Å².